The SMILES string of the molecule is Clc1ccc(OC2c3ccccc3-c3ccccc32)cc1. The standard InChI is InChI=1S/C19H13ClO/c20-13-9-11-14(12-10-13)21-19-17-7-3-1-5-15(17)16-6-2-4-8-18(16)19/h1-12,19H. The van der Waals surface area contributed by atoms with E-state index in [9.17, 15) is 0 Å². The molecule has 0 amide bonds. The predicted molar refractivity (Wildman–Crippen MR) is 85.8 cm³/mol. The first-order valence-electron chi connectivity index (χ1n) is 6.93. The quantitative estimate of drug-likeness (QED) is 0.607. The van der Waals surface area contributed by atoms with Crippen LogP contribution in [0.2, 0.25) is 5.02 Å². The summed E-state index contributed by atoms with van der Waals surface area (Å²) in [4.78, 5) is 0. The zero-order valence-corrected chi connectivity index (χ0v) is 12.0. The Bertz CT molecular complexity index is 747. The van der Waals surface area contributed by atoms with E-state index in [-0.39, 0.29) is 6.10 Å². The van der Waals surface area contributed by atoms with Crippen molar-refractivity contribution in [3.8, 4) is 16.9 Å². The lowest BCUT2D eigenvalue weighted by atomic mass is 10.1. The zero-order valence-electron chi connectivity index (χ0n) is 11.3. The van der Waals surface area contributed by atoms with Gasteiger partial charge in [0.05, 0.1) is 0 Å². The molecule has 0 atom stereocenters. The van der Waals surface area contributed by atoms with Crippen molar-refractivity contribution < 1.29 is 4.74 Å². The highest BCUT2D eigenvalue weighted by Gasteiger charge is 2.29. The van der Waals surface area contributed by atoms with E-state index in [2.05, 4.69) is 48.5 Å². The highest BCUT2D eigenvalue weighted by molar-refractivity contribution is 6.30. The summed E-state index contributed by atoms with van der Waals surface area (Å²) >= 11 is 5.93. The first kappa shape index (κ1) is 12.5. The fraction of sp³-hybridized carbons (Fsp3) is 0.0526. The first-order chi connectivity index (χ1) is 10.3. The summed E-state index contributed by atoms with van der Waals surface area (Å²) in [6.07, 6.45) is -0.0569. The van der Waals surface area contributed by atoms with Crippen LogP contribution in [0.3, 0.4) is 0 Å². The van der Waals surface area contributed by atoms with Gasteiger partial charge in [0.2, 0.25) is 0 Å². The molecule has 1 aliphatic carbocycles. The summed E-state index contributed by atoms with van der Waals surface area (Å²) in [7, 11) is 0. The van der Waals surface area contributed by atoms with Crippen LogP contribution in [0.4, 0.5) is 0 Å². The summed E-state index contributed by atoms with van der Waals surface area (Å²) in [6, 6.07) is 24.3. The Kier molecular flexibility index (Phi) is 2.94. The molecule has 102 valence electrons. The maximum absolute atomic E-state index is 6.22. The van der Waals surface area contributed by atoms with Crippen LogP contribution in [0.25, 0.3) is 11.1 Å². The number of halogens is 1. The molecule has 0 spiro atoms. The van der Waals surface area contributed by atoms with Gasteiger partial charge in [-0.2, -0.15) is 0 Å². The zero-order chi connectivity index (χ0) is 14.2. The Morgan fingerprint density at radius 2 is 1.19 bits per heavy atom. The lowest BCUT2D eigenvalue weighted by molar-refractivity contribution is 0.252. The van der Waals surface area contributed by atoms with Gasteiger partial charge in [-0.05, 0) is 35.4 Å². The van der Waals surface area contributed by atoms with Crippen molar-refractivity contribution in [2.24, 2.45) is 0 Å². The third kappa shape index (κ3) is 2.10. The van der Waals surface area contributed by atoms with Crippen molar-refractivity contribution in [3.05, 3.63) is 88.9 Å². The van der Waals surface area contributed by atoms with E-state index >= 15 is 0 Å². The molecule has 0 aliphatic heterocycles. The molecule has 0 unspecified atom stereocenters. The molecule has 21 heavy (non-hydrogen) atoms. The second-order valence-corrected chi connectivity index (χ2v) is 5.56. The van der Waals surface area contributed by atoms with Crippen LogP contribution in [-0.2, 0) is 0 Å². The minimum atomic E-state index is -0.0569. The van der Waals surface area contributed by atoms with Gasteiger partial charge in [0.1, 0.15) is 5.75 Å². The minimum absolute atomic E-state index is 0.0569. The Balaban J connectivity index is 1.79. The molecule has 0 saturated heterocycles. The highest BCUT2D eigenvalue weighted by atomic mass is 35.5. The summed E-state index contributed by atoms with van der Waals surface area (Å²) in [5.74, 6) is 0.830. The van der Waals surface area contributed by atoms with Crippen LogP contribution >= 0.6 is 11.6 Å². The third-order valence-electron chi connectivity index (χ3n) is 3.84. The van der Waals surface area contributed by atoms with Gasteiger partial charge in [0, 0.05) is 16.1 Å². The van der Waals surface area contributed by atoms with Gasteiger partial charge in [0.25, 0.3) is 0 Å². The van der Waals surface area contributed by atoms with E-state index in [0.717, 1.165) is 10.8 Å². The number of hydrogen-bond donors (Lipinski definition) is 0. The van der Waals surface area contributed by atoms with Crippen LogP contribution in [0.15, 0.2) is 72.8 Å². The molecule has 0 fully saturated rings. The first-order valence-corrected chi connectivity index (χ1v) is 7.31. The molecular weight excluding hydrogens is 280 g/mol. The average molecular weight is 293 g/mol. The predicted octanol–water partition coefficient (Wildman–Crippen LogP) is 5.49. The van der Waals surface area contributed by atoms with Gasteiger partial charge >= 0.3 is 0 Å². The summed E-state index contributed by atoms with van der Waals surface area (Å²) < 4.78 is 6.22. The fourth-order valence-corrected chi connectivity index (χ4v) is 3.01. The summed E-state index contributed by atoms with van der Waals surface area (Å²) in [6.45, 7) is 0. The molecule has 0 radical (unpaired) electrons. The van der Waals surface area contributed by atoms with E-state index < -0.39 is 0 Å². The number of benzene rings is 3. The van der Waals surface area contributed by atoms with Gasteiger partial charge in [-0.3, -0.25) is 0 Å². The molecule has 0 saturated carbocycles. The summed E-state index contributed by atoms with van der Waals surface area (Å²) in [5, 5.41) is 0.717. The van der Waals surface area contributed by atoms with Crippen LogP contribution in [0, 0.1) is 0 Å². The molecule has 4 rings (SSSR count). The Morgan fingerprint density at radius 1 is 0.667 bits per heavy atom. The second kappa shape index (κ2) is 4.94. The largest absolute Gasteiger partial charge is 0.481 e. The van der Waals surface area contributed by atoms with Crippen molar-refractivity contribution in [2.75, 3.05) is 0 Å². The van der Waals surface area contributed by atoms with Gasteiger partial charge in [-0.1, -0.05) is 60.1 Å². The summed E-state index contributed by atoms with van der Waals surface area (Å²) in [5.41, 5.74) is 4.95. The maximum atomic E-state index is 6.22. The number of rotatable bonds is 2. The number of ether oxygens (including phenoxy) is 1. The van der Waals surface area contributed by atoms with Crippen LogP contribution in [0.1, 0.15) is 17.2 Å². The third-order valence-corrected chi connectivity index (χ3v) is 4.10. The Morgan fingerprint density at radius 3 is 1.76 bits per heavy atom. The topological polar surface area (TPSA) is 9.23 Å². The number of hydrogen-bond acceptors (Lipinski definition) is 1. The monoisotopic (exact) mass is 292 g/mol. The highest BCUT2D eigenvalue weighted by Crippen LogP contribution is 2.45. The van der Waals surface area contributed by atoms with Crippen molar-refractivity contribution in [1.82, 2.24) is 0 Å². The molecule has 0 aromatic heterocycles. The molecule has 0 bridgehead atoms. The fourth-order valence-electron chi connectivity index (χ4n) is 2.89. The van der Waals surface area contributed by atoms with Gasteiger partial charge in [-0.15, -0.1) is 0 Å². The average Bonchev–Trinajstić information content (AvgIpc) is 2.85. The van der Waals surface area contributed by atoms with E-state index in [0.29, 0.717) is 0 Å². The smallest absolute Gasteiger partial charge is 0.150 e. The molecule has 1 nitrogen and oxygen atoms in total. The van der Waals surface area contributed by atoms with Gasteiger partial charge in [-0.25, -0.2) is 0 Å². The molecule has 1 aliphatic rings. The van der Waals surface area contributed by atoms with Crippen LogP contribution in [0.5, 0.6) is 5.75 Å². The molecule has 3 aromatic rings. The van der Waals surface area contributed by atoms with Crippen molar-refractivity contribution in [3.63, 3.8) is 0 Å². The van der Waals surface area contributed by atoms with Gasteiger partial charge in [0.15, 0.2) is 6.10 Å². The lowest BCUT2D eigenvalue weighted by Gasteiger charge is -2.16. The molecule has 2 heteroatoms. The second-order valence-electron chi connectivity index (χ2n) is 5.13. The van der Waals surface area contributed by atoms with E-state index in [1.807, 2.05) is 24.3 Å². The van der Waals surface area contributed by atoms with Crippen molar-refractivity contribution in [2.45, 2.75) is 6.10 Å². The minimum Gasteiger partial charge on any atom is -0.481 e. The molecular formula is C19H13ClO. The lowest BCUT2D eigenvalue weighted by Crippen LogP contribution is -2.05. The normalized spacial score (nSPS) is 12.8. The molecule has 3 aromatic carbocycles. The van der Waals surface area contributed by atoms with E-state index in [1.165, 1.54) is 22.3 Å². The Labute approximate surface area is 128 Å². The Hall–Kier alpha value is -2.25. The van der Waals surface area contributed by atoms with Crippen molar-refractivity contribution >= 4 is 11.6 Å². The van der Waals surface area contributed by atoms with Crippen LogP contribution in [-0.4, -0.2) is 0 Å². The number of fused-ring (bicyclic) bond motifs is 3. The molecule has 0 heterocycles. The van der Waals surface area contributed by atoms with Gasteiger partial charge < -0.3 is 4.74 Å². The van der Waals surface area contributed by atoms with Crippen molar-refractivity contribution in [1.29, 1.82) is 0 Å². The maximum Gasteiger partial charge on any atom is 0.150 e. The van der Waals surface area contributed by atoms with E-state index in [1.54, 1.807) is 0 Å². The molecule has 0 N–H and O–H groups in total. The van der Waals surface area contributed by atoms with Crippen LogP contribution < -0.4 is 4.74 Å². The van der Waals surface area contributed by atoms with E-state index in [4.69, 9.17) is 16.3 Å².